The maximum absolute atomic E-state index is 13.5. The van der Waals surface area contributed by atoms with Crippen LogP contribution in [-0.4, -0.2) is 78.9 Å². The predicted octanol–water partition coefficient (Wildman–Crippen LogP) is 1.79. The topological polar surface area (TPSA) is 91.0 Å². The average molecular weight is 507 g/mol. The number of hydrogen-bond acceptors (Lipinski definition) is 5. The van der Waals surface area contributed by atoms with Gasteiger partial charge in [-0.3, -0.25) is 14.4 Å². The first-order chi connectivity index (χ1) is 15.3. The maximum atomic E-state index is 13.5. The summed E-state index contributed by atoms with van der Waals surface area (Å²) in [6.45, 7) is 7.29. The summed E-state index contributed by atoms with van der Waals surface area (Å²) in [7, 11) is 0. The molecule has 0 radical (unpaired) electrons. The van der Waals surface area contributed by atoms with E-state index in [-0.39, 0.29) is 17.7 Å². The third-order valence-corrected chi connectivity index (χ3v) is 6.42. The van der Waals surface area contributed by atoms with Crippen molar-refractivity contribution >= 4 is 39.7 Å². The number of piperidine rings is 1. The summed E-state index contributed by atoms with van der Waals surface area (Å²) in [5, 5.41) is 6.27. The van der Waals surface area contributed by atoms with Gasteiger partial charge in [-0.05, 0) is 57.1 Å². The van der Waals surface area contributed by atoms with Crippen molar-refractivity contribution in [2.75, 3.05) is 45.9 Å². The van der Waals surface area contributed by atoms with E-state index in [0.717, 1.165) is 10.0 Å². The second-order valence-electron chi connectivity index (χ2n) is 8.07. The highest BCUT2D eigenvalue weighted by Gasteiger charge is 2.43. The Labute approximate surface area is 197 Å². The van der Waals surface area contributed by atoms with E-state index in [2.05, 4.69) is 26.6 Å². The Morgan fingerprint density at radius 2 is 1.81 bits per heavy atom. The number of nitrogens with one attached hydrogen (secondary N) is 2. The zero-order chi connectivity index (χ0) is 23.1. The monoisotopic (exact) mass is 506 g/mol. The normalized spacial score (nSPS) is 18.5. The number of hydrogen-bond donors (Lipinski definition) is 2. The molecule has 174 valence electrons. The summed E-state index contributed by atoms with van der Waals surface area (Å²) in [5.74, 6) is 0.327. The van der Waals surface area contributed by atoms with Crippen LogP contribution in [0.25, 0.3) is 6.08 Å². The highest BCUT2D eigenvalue weighted by molar-refractivity contribution is 9.10. The first-order valence-electron chi connectivity index (χ1n) is 11.0. The highest BCUT2D eigenvalue weighted by Crippen LogP contribution is 2.25. The van der Waals surface area contributed by atoms with E-state index in [0.29, 0.717) is 64.5 Å². The molecule has 2 saturated heterocycles. The summed E-state index contributed by atoms with van der Waals surface area (Å²) in [4.78, 5) is 41.5. The highest BCUT2D eigenvalue weighted by atomic mass is 79.9. The quantitative estimate of drug-likeness (QED) is 0.574. The smallest absolute Gasteiger partial charge is 0.248 e. The van der Waals surface area contributed by atoms with E-state index in [1.165, 1.54) is 6.08 Å². The molecule has 2 aliphatic heterocycles. The fourth-order valence-corrected chi connectivity index (χ4v) is 4.53. The fourth-order valence-electron chi connectivity index (χ4n) is 4.15. The molecule has 3 rings (SSSR count). The minimum absolute atomic E-state index is 0.0195. The second-order valence-corrected chi connectivity index (χ2v) is 8.98. The van der Waals surface area contributed by atoms with Crippen molar-refractivity contribution in [2.24, 2.45) is 0 Å². The van der Waals surface area contributed by atoms with Gasteiger partial charge in [-0.1, -0.05) is 15.9 Å². The molecule has 1 aromatic rings. The summed E-state index contributed by atoms with van der Waals surface area (Å²) in [6.07, 6.45) is 4.21. The predicted molar refractivity (Wildman–Crippen MR) is 126 cm³/mol. The molecule has 0 aromatic heterocycles. The van der Waals surface area contributed by atoms with Crippen molar-refractivity contribution in [3.63, 3.8) is 0 Å². The van der Waals surface area contributed by atoms with Gasteiger partial charge >= 0.3 is 0 Å². The molecule has 0 unspecified atom stereocenters. The summed E-state index contributed by atoms with van der Waals surface area (Å²) in [5.41, 5.74) is -0.159. The van der Waals surface area contributed by atoms with E-state index in [1.54, 1.807) is 22.8 Å². The van der Waals surface area contributed by atoms with Crippen LogP contribution in [0.2, 0.25) is 0 Å². The number of amides is 3. The maximum Gasteiger partial charge on any atom is 0.248 e. The Morgan fingerprint density at radius 3 is 2.44 bits per heavy atom. The van der Waals surface area contributed by atoms with E-state index in [4.69, 9.17) is 4.74 Å². The Bertz CT molecular complexity index is 875. The van der Waals surface area contributed by atoms with Crippen molar-refractivity contribution in [3.05, 3.63) is 34.3 Å². The lowest BCUT2D eigenvalue weighted by molar-refractivity contribution is -0.146. The van der Waals surface area contributed by atoms with Gasteiger partial charge in [0.15, 0.2) is 0 Å². The van der Waals surface area contributed by atoms with Gasteiger partial charge in [0.25, 0.3) is 0 Å². The molecule has 1 aromatic carbocycles. The van der Waals surface area contributed by atoms with Crippen LogP contribution in [0, 0.1) is 0 Å². The number of rotatable bonds is 6. The van der Waals surface area contributed by atoms with Crippen LogP contribution in [0.5, 0.6) is 5.75 Å². The lowest BCUT2D eigenvalue weighted by atomic mass is 9.86. The van der Waals surface area contributed by atoms with Crippen LogP contribution in [0.4, 0.5) is 0 Å². The van der Waals surface area contributed by atoms with Crippen molar-refractivity contribution in [3.8, 4) is 5.75 Å². The average Bonchev–Trinajstić information content (AvgIpc) is 2.79. The molecule has 0 saturated carbocycles. The van der Waals surface area contributed by atoms with Gasteiger partial charge in [0, 0.05) is 49.2 Å². The second kappa shape index (κ2) is 11.0. The first kappa shape index (κ1) is 24.3. The van der Waals surface area contributed by atoms with Gasteiger partial charge in [-0.15, -0.1) is 0 Å². The number of nitrogens with zero attached hydrogens (tertiary/aromatic N) is 2. The van der Waals surface area contributed by atoms with Crippen LogP contribution in [0.1, 0.15) is 32.3 Å². The molecular weight excluding hydrogens is 476 g/mol. The number of carbonyl (C=O) groups is 3. The standard InChI is InChI=1S/C23H31BrN4O4/c1-3-32-20-6-5-19(24)16-18(20)4-7-21(30)26-23(8-10-25-11-9-23)22(31)28-14-12-27(13-15-28)17(2)29/h4-7,16,25H,3,8-15H2,1-2H3,(H,26,30)/b7-4+. The van der Waals surface area contributed by atoms with Crippen LogP contribution in [-0.2, 0) is 14.4 Å². The van der Waals surface area contributed by atoms with E-state index in [1.807, 2.05) is 25.1 Å². The van der Waals surface area contributed by atoms with E-state index < -0.39 is 5.54 Å². The summed E-state index contributed by atoms with van der Waals surface area (Å²) < 4.78 is 6.52. The number of halogens is 1. The lowest BCUT2D eigenvalue weighted by Crippen LogP contribution is -2.65. The molecule has 0 aliphatic carbocycles. The Kier molecular flexibility index (Phi) is 8.31. The molecule has 2 heterocycles. The van der Waals surface area contributed by atoms with Crippen LogP contribution in [0.15, 0.2) is 28.7 Å². The van der Waals surface area contributed by atoms with Gasteiger partial charge in [0.05, 0.1) is 6.61 Å². The number of carbonyl (C=O) groups excluding carboxylic acids is 3. The Balaban J connectivity index is 1.72. The SMILES string of the molecule is CCOc1ccc(Br)cc1/C=C/C(=O)NC1(C(=O)N2CCN(C(C)=O)CC2)CCNCC1. The van der Waals surface area contributed by atoms with Crippen molar-refractivity contribution in [2.45, 2.75) is 32.2 Å². The number of ether oxygens (including phenoxy) is 1. The molecule has 2 aliphatic rings. The molecule has 32 heavy (non-hydrogen) atoms. The summed E-state index contributed by atoms with van der Waals surface area (Å²) >= 11 is 3.45. The van der Waals surface area contributed by atoms with Gasteiger partial charge in [0.2, 0.25) is 17.7 Å². The Morgan fingerprint density at radius 1 is 1.16 bits per heavy atom. The third kappa shape index (κ3) is 5.89. The van der Waals surface area contributed by atoms with Gasteiger partial charge in [0.1, 0.15) is 11.3 Å². The molecular formula is C23H31BrN4O4. The number of piperazine rings is 1. The zero-order valence-electron chi connectivity index (χ0n) is 18.7. The Hall–Kier alpha value is -2.39. The molecule has 9 heteroatoms. The molecule has 3 amide bonds. The molecule has 0 spiro atoms. The van der Waals surface area contributed by atoms with Crippen molar-refractivity contribution in [1.29, 1.82) is 0 Å². The molecule has 8 nitrogen and oxygen atoms in total. The van der Waals surface area contributed by atoms with Gasteiger partial charge in [-0.2, -0.15) is 0 Å². The third-order valence-electron chi connectivity index (χ3n) is 5.93. The first-order valence-corrected chi connectivity index (χ1v) is 11.8. The molecule has 2 N–H and O–H groups in total. The summed E-state index contributed by atoms with van der Waals surface area (Å²) in [6, 6.07) is 5.62. The van der Waals surface area contributed by atoms with Crippen LogP contribution < -0.4 is 15.4 Å². The zero-order valence-corrected chi connectivity index (χ0v) is 20.2. The van der Waals surface area contributed by atoms with Crippen LogP contribution in [0.3, 0.4) is 0 Å². The van der Waals surface area contributed by atoms with Gasteiger partial charge < -0.3 is 25.2 Å². The van der Waals surface area contributed by atoms with Crippen molar-refractivity contribution < 1.29 is 19.1 Å². The van der Waals surface area contributed by atoms with E-state index >= 15 is 0 Å². The van der Waals surface area contributed by atoms with Gasteiger partial charge in [-0.25, -0.2) is 0 Å². The number of benzene rings is 1. The molecule has 2 fully saturated rings. The van der Waals surface area contributed by atoms with E-state index in [9.17, 15) is 14.4 Å². The largest absolute Gasteiger partial charge is 0.493 e. The minimum atomic E-state index is -0.939. The van der Waals surface area contributed by atoms with Crippen LogP contribution >= 0.6 is 15.9 Å². The van der Waals surface area contributed by atoms with Crippen molar-refractivity contribution in [1.82, 2.24) is 20.4 Å². The minimum Gasteiger partial charge on any atom is -0.493 e. The fraction of sp³-hybridized carbons (Fsp3) is 0.522. The lowest BCUT2D eigenvalue weighted by Gasteiger charge is -2.43. The molecule has 0 atom stereocenters. The molecule has 0 bridgehead atoms.